The average molecular weight is 361 g/mol. The Balaban J connectivity index is 2.31. The second kappa shape index (κ2) is 7.87. The molecule has 4 nitrogen and oxygen atoms in total. The highest BCUT2D eigenvalue weighted by molar-refractivity contribution is 6.31. The number of amides is 1. The number of hydrogen-bond donors (Lipinski definition) is 1. The predicted octanol–water partition coefficient (Wildman–Crippen LogP) is 4.86. The van der Waals surface area contributed by atoms with Crippen molar-refractivity contribution < 1.29 is 9.53 Å². The molecule has 0 atom stereocenters. The van der Waals surface area contributed by atoms with Crippen molar-refractivity contribution in [3.63, 3.8) is 0 Å². The van der Waals surface area contributed by atoms with Crippen molar-refractivity contribution in [3.05, 3.63) is 63.1 Å². The lowest BCUT2D eigenvalue weighted by Crippen LogP contribution is -2.14. The van der Waals surface area contributed by atoms with Crippen molar-refractivity contribution in [2.75, 3.05) is 12.4 Å². The van der Waals surface area contributed by atoms with Crippen molar-refractivity contribution in [2.45, 2.75) is 6.92 Å². The van der Waals surface area contributed by atoms with E-state index in [0.717, 1.165) is 5.56 Å². The third-order valence-electron chi connectivity index (χ3n) is 3.25. The van der Waals surface area contributed by atoms with E-state index in [2.05, 4.69) is 5.32 Å². The summed E-state index contributed by atoms with van der Waals surface area (Å²) < 4.78 is 5.12. The Morgan fingerprint density at radius 3 is 2.62 bits per heavy atom. The van der Waals surface area contributed by atoms with Crippen molar-refractivity contribution >= 4 is 40.9 Å². The lowest BCUT2D eigenvalue weighted by atomic mass is 10.1. The number of ether oxygens (including phenoxy) is 1. The summed E-state index contributed by atoms with van der Waals surface area (Å²) in [4.78, 5) is 12.3. The molecular weight excluding hydrogens is 347 g/mol. The number of hydrogen-bond acceptors (Lipinski definition) is 3. The van der Waals surface area contributed by atoms with Crippen LogP contribution in [0.3, 0.4) is 0 Å². The van der Waals surface area contributed by atoms with Crippen LogP contribution in [0.1, 0.15) is 11.1 Å². The molecular formula is C18H14Cl2N2O2. The predicted molar refractivity (Wildman–Crippen MR) is 96.4 cm³/mol. The second-order valence-corrected chi connectivity index (χ2v) is 5.88. The zero-order valence-electron chi connectivity index (χ0n) is 13.1. The van der Waals surface area contributed by atoms with Crippen LogP contribution in [0.15, 0.2) is 42.0 Å². The third kappa shape index (κ3) is 4.51. The van der Waals surface area contributed by atoms with Gasteiger partial charge in [0, 0.05) is 15.7 Å². The Morgan fingerprint density at radius 1 is 1.21 bits per heavy atom. The zero-order valence-corrected chi connectivity index (χ0v) is 14.6. The Hall–Kier alpha value is -2.48. The Kier molecular flexibility index (Phi) is 5.86. The minimum absolute atomic E-state index is 0.0568. The van der Waals surface area contributed by atoms with Gasteiger partial charge < -0.3 is 10.1 Å². The highest BCUT2D eigenvalue weighted by Crippen LogP contribution is 2.24. The highest BCUT2D eigenvalue weighted by atomic mass is 35.5. The first-order valence-electron chi connectivity index (χ1n) is 6.97. The van der Waals surface area contributed by atoms with Gasteiger partial charge in [-0.1, -0.05) is 29.3 Å². The highest BCUT2D eigenvalue weighted by Gasteiger charge is 2.12. The molecule has 0 aliphatic rings. The van der Waals surface area contributed by atoms with E-state index in [1.165, 1.54) is 13.2 Å². The molecule has 0 unspecified atom stereocenters. The van der Waals surface area contributed by atoms with E-state index in [1.807, 2.05) is 13.0 Å². The van der Waals surface area contributed by atoms with Crippen LogP contribution in [0.25, 0.3) is 6.08 Å². The lowest BCUT2D eigenvalue weighted by molar-refractivity contribution is -0.112. The third-order valence-corrected chi connectivity index (χ3v) is 3.71. The fraction of sp³-hybridized carbons (Fsp3) is 0.111. The smallest absolute Gasteiger partial charge is 0.266 e. The number of rotatable bonds is 4. The molecule has 0 heterocycles. The second-order valence-electron chi connectivity index (χ2n) is 5.01. The minimum atomic E-state index is -0.526. The van der Waals surface area contributed by atoms with E-state index in [4.69, 9.17) is 27.9 Å². The molecule has 2 rings (SSSR count). The summed E-state index contributed by atoms with van der Waals surface area (Å²) in [5.74, 6) is 0.0129. The molecule has 0 saturated heterocycles. The van der Waals surface area contributed by atoms with Gasteiger partial charge in [0.15, 0.2) is 0 Å². The number of anilines is 1. The first kappa shape index (κ1) is 17.9. The fourth-order valence-electron chi connectivity index (χ4n) is 2.02. The molecule has 0 saturated carbocycles. The molecule has 0 aliphatic heterocycles. The molecule has 2 aromatic rings. The summed E-state index contributed by atoms with van der Waals surface area (Å²) in [5.41, 5.74) is 1.93. The van der Waals surface area contributed by atoms with Gasteiger partial charge in [-0.2, -0.15) is 5.26 Å². The van der Waals surface area contributed by atoms with Gasteiger partial charge in [-0.25, -0.2) is 0 Å². The number of benzene rings is 2. The molecule has 0 aromatic heterocycles. The van der Waals surface area contributed by atoms with Gasteiger partial charge in [0.1, 0.15) is 17.4 Å². The number of nitrogens with zero attached hydrogens (tertiary/aromatic N) is 1. The van der Waals surface area contributed by atoms with E-state index in [0.29, 0.717) is 27.0 Å². The molecule has 122 valence electrons. The molecule has 1 N–H and O–H groups in total. The van der Waals surface area contributed by atoms with E-state index in [1.54, 1.807) is 36.4 Å². The summed E-state index contributed by atoms with van der Waals surface area (Å²) in [7, 11) is 1.51. The van der Waals surface area contributed by atoms with Crippen molar-refractivity contribution in [1.29, 1.82) is 5.26 Å². The Morgan fingerprint density at radius 2 is 1.96 bits per heavy atom. The van der Waals surface area contributed by atoms with E-state index in [-0.39, 0.29) is 5.57 Å². The van der Waals surface area contributed by atoms with E-state index < -0.39 is 5.91 Å². The number of carbonyl (C=O) groups excluding carboxylic acids is 1. The first-order chi connectivity index (χ1) is 11.4. The maximum absolute atomic E-state index is 12.3. The Labute approximate surface area is 150 Å². The summed E-state index contributed by atoms with van der Waals surface area (Å²) in [5, 5.41) is 12.9. The lowest BCUT2D eigenvalue weighted by Gasteiger charge is -2.08. The summed E-state index contributed by atoms with van der Waals surface area (Å²) in [6.07, 6.45) is 1.45. The van der Waals surface area contributed by atoms with Gasteiger partial charge in [-0.15, -0.1) is 0 Å². The van der Waals surface area contributed by atoms with E-state index >= 15 is 0 Å². The first-order valence-corrected chi connectivity index (χ1v) is 7.72. The van der Waals surface area contributed by atoms with Crippen LogP contribution < -0.4 is 10.1 Å². The summed E-state index contributed by atoms with van der Waals surface area (Å²) in [6, 6.07) is 12.0. The quantitative estimate of drug-likeness (QED) is 0.625. The number of aryl methyl sites for hydroxylation is 1. The van der Waals surface area contributed by atoms with Gasteiger partial charge in [0.05, 0.1) is 7.11 Å². The van der Waals surface area contributed by atoms with Gasteiger partial charge in [-0.05, 0) is 54.5 Å². The van der Waals surface area contributed by atoms with Crippen LogP contribution in [0.2, 0.25) is 10.0 Å². The summed E-state index contributed by atoms with van der Waals surface area (Å²) in [6.45, 7) is 1.84. The molecule has 0 bridgehead atoms. The largest absolute Gasteiger partial charge is 0.497 e. The molecule has 24 heavy (non-hydrogen) atoms. The average Bonchev–Trinajstić information content (AvgIpc) is 2.55. The van der Waals surface area contributed by atoms with Crippen molar-refractivity contribution in [2.24, 2.45) is 0 Å². The van der Waals surface area contributed by atoms with Crippen molar-refractivity contribution in [3.8, 4) is 11.8 Å². The van der Waals surface area contributed by atoms with Gasteiger partial charge in [0.2, 0.25) is 0 Å². The minimum Gasteiger partial charge on any atom is -0.497 e. The number of carbonyl (C=O) groups is 1. The molecule has 1 amide bonds. The standard InChI is InChI=1S/C18H14Cl2N2O2/c1-11-3-4-14(19)9-17(11)22-18(23)13(10-21)5-12-6-15(20)8-16(7-12)24-2/h3-9H,1-2H3,(H,22,23)/b13-5+. The van der Waals surface area contributed by atoms with Crippen LogP contribution in [0.4, 0.5) is 5.69 Å². The van der Waals surface area contributed by atoms with Gasteiger partial charge >= 0.3 is 0 Å². The topological polar surface area (TPSA) is 62.1 Å². The fourth-order valence-corrected chi connectivity index (χ4v) is 2.43. The van der Waals surface area contributed by atoms with Gasteiger partial charge in [0.25, 0.3) is 5.91 Å². The molecule has 0 fully saturated rings. The number of nitriles is 1. The van der Waals surface area contributed by atoms with Crippen LogP contribution in [0, 0.1) is 18.3 Å². The zero-order chi connectivity index (χ0) is 17.7. The van der Waals surface area contributed by atoms with Crippen molar-refractivity contribution in [1.82, 2.24) is 0 Å². The molecule has 0 radical (unpaired) electrons. The molecule has 0 aliphatic carbocycles. The van der Waals surface area contributed by atoms with Crippen LogP contribution in [0.5, 0.6) is 5.75 Å². The number of methoxy groups -OCH3 is 1. The molecule has 6 heteroatoms. The van der Waals surface area contributed by atoms with Crippen LogP contribution in [-0.4, -0.2) is 13.0 Å². The Bertz CT molecular complexity index is 855. The van der Waals surface area contributed by atoms with Gasteiger partial charge in [-0.3, -0.25) is 4.79 Å². The SMILES string of the molecule is COc1cc(Cl)cc(/C=C(\C#N)C(=O)Nc2cc(Cl)ccc2C)c1. The maximum atomic E-state index is 12.3. The molecule has 0 spiro atoms. The van der Waals surface area contributed by atoms with E-state index in [9.17, 15) is 10.1 Å². The summed E-state index contributed by atoms with van der Waals surface area (Å²) >= 11 is 11.9. The number of halogens is 2. The molecule has 2 aromatic carbocycles. The number of nitrogens with one attached hydrogen (secondary N) is 1. The normalized spacial score (nSPS) is 10.9. The maximum Gasteiger partial charge on any atom is 0.266 e. The van der Waals surface area contributed by atoms with Crippen LogP contribution in [-0.2, 0) is 4.79 Å². The van der Waals surface area contributed by atoms with Crippen LogP contribution >= 0.6 is 23.2 Å². The monoisotopic (exact) mass is 360 g/mol.